The van der Waals surface area contributed by atoms with Gasteiger partial charge in [-0.25, -0.2) is 0 Å². The lowest BCUT2D eigenvalue weighted by Gasteiger charge is -2.36. The van der Waals surface area contributed by atoms with Crippen molar-refractivity contribution in [3.05, 3.63) is 0 Å². The highest BCUT2D eigenvalue weighted by Gasteiger charge is 2.33. The molecular formula is C15H27N3O2. The van der Waals surface area contributed by atoms with Gasteiger partial charge in [0.1, 0.15) is 0 Å². The molecule has 0 aromatic carbocycles. The number of nitrogens with zero attached hydrogens (tertiary/aromatic N) is 1. The summed E-state index contributed by atoms with van der Waals surface area (Å²) in [5, 5.41) is 2.93. The van der Waals surface area contributed by atoms with Gasteiger partial charge in [-0.05, 0) is 25.7 Å². The van der Waals surface area contributed by atoms with Crippen molar-refractivity contribution < 1.29 is 9.59 Å². The molecule has 1 aliphatic carbocycles. The van der Waals surface area contributed by atoms with Crippen molar-refractivity contribution in [3.63, 3.8) is 0 Å². The van der Waals surface area contributed by atoms with Crippen molar-refractivity contribution in [2.45, 2.75) is 64.0 Å². The Balaban J connectivity index is 1.94. The van der Waals surface area contributed by atoms with Crippen LogP contribution in [0.3, 0.4) is 0 Å². The summed E-state index contributed by atoms with van der Waals surface area (Å²) in [6.07, 6.45) is 7.22. The molecule has 20 heavy (non-hydrogen) atoms. The number of amides is 2. The van der Waals surface area contributed by atoms with E-state index in [2.05, 4.69) is 5.32 Å². The second-order valence-electron chi connectivity index (χ2n) is 6.23. The minimum absolute atomic E-state index is 0.00569. The van der Waals surface area contributed by atoms with Gasteiger partial charge in [0, 0.05) is 32.1 Å². The van der Waals surface area contributed by atoms with Gasteiger partial charge in [-0.3, -0.25) is 9.59 Å². The third kappa shape index (κ3) is 3.95. The van der Waals surface area contributed by atoms with Crippen LogP contribution in [0.2, 0.25) is 0 Å². The van der Waals surface area contributed by atoms with E-state index in [9.17, 15) is 9.59 Å². The molecule has 0 bridgehead atoms. The van der Waals surface area contributed by atoms with E-state index in [0.29, 0.717) is 6.54 Å². The summed E-state index contributed by atoms with van der Waals surface area (Å²) in [6.45, 7) is 2.97. The molecule has 114 valence electrons. The zero-order valence-corrected chi connectivity index (χ0v) is 12.4. The predicted molar refractivity (Wildman–Crippen MR) is 78.0 cm³/mol. The monoisotopic (exact) mass is 281 g/mol. The Morgan fingerprint density at radius 2 is 1.85 bits per heavy atom. The first-order valence-electron chi connectivity index (χ1n) is 7.89. The van der Waals surface area contributed by atoms with E-state index in [0.717, 1.165) is 45.1 Å². The number of nitrogens with one attached hydrogen (secondary N) is 1. The van der Waals surface area contributed by atoms with Gasteiger partial charge in [0.05, 0.1) is 5.92 Å². The van der Waals surface area contributed by atoms with Gasteiger partial charge in [0.2, 0.25) is 11.8 Å². The zero-order chi connectivity index (χ0) is 14.5. The number of carbonyl (C=O) groups is 2. The molecule has 0 aromatic heterocycles. The number of rotatable bonds is 2. The minimum atomic E-state index is -0.0198. The smallest absolute Gasteiger partial charge is 0.227 e. The van der Waals surface area contributed by atoms with Crippen LogP contribution in [0.25, 0.3) is 0 Å². The van der Waals surface area contributed by atoms with Gasteiger partial charge in [-0.15, -0.1) is 0 Å². The molecule has 1 saturated carbocycles. The summed E-state index contributed by atoms with van der Waals surface area (Å²) in [7, 11) is 0. The SMILES string of the molecule is CC(=O)NC1CCCN(C(=O)C2CCCCCC2N)C1. The van der Waals surface area contributed by atoms with Crippen LogP contribution in [-0.2, 0) is 9.59 Å². The van der Waals surface area contributed by atoms with Crippen molar-refractivity contribution >= 4 is 11.8 Å². The fourth-order valence-electron chi connectivity index (χ4n) is 3.46. The van der Waals surface area contributed by atoms with E-state index >= 15 is 0 Å². The number of nitrogens with two attached hydrogens (primary N) is 1. The molecule has 0 radical (unpaired) electrons. The molecule has 1 aliphatic heterocycles. The van der Waals surface area contributed by atoms with Gasteiger partial charge in [0.25, 0.3) is 0 Å². The third-order valence-electron chi connectivity index (χ3n) is 4.53. The molecule has 0 aromatic rings. The fraction of sp³-hybridized carbons (Fsp3) is 0.867. The van der Waals surface area contributed by atoms with Crippen LogP contribution >= 0.6 is 0 Å². The Hall–Kier alpha value is -1.10. The normalized spacial score (nSPS) is 31.5. The average molecular weight is 281 g/mol. The molecule has 2 aliphatic rings. The molecule has 2 amide bonds. The van der Waals surface area contributed by atoms with E-state index in [-0.39, 0.29) is 29.8 Å². The van der Waals surface area contributed by atoms with E-state index in [1.54, 1.807) is 0 Å². The van der Waals surface area contributed by atoms with Gasteiger partial charge in [-0.2, -0.15) is 0 Å². The van der Waals surface area contributed by atoms with Crippen LogP contribution in [0.1, 0.15) is 51.9 Å². The van der Waals surface area contributed by atoms with Crippen molar-refractivity contribution in [3.8, 4) is 0 Å². The maximum Gasteiger partial charge on any atom is 0.227 e. The van der Waals surface area contributed by atoms with Crippen molar-refractivity contribution in [2.75, 3.05) is 13.1 Å². The number of hydrogen-bond donors (Lipinski definition) is 2. The van der Waals surface area contributed by atoms with E-state index < -0.39 is 0 Å². The molecule has 0 spiro atoms. The first kappa shape index (κ1) is 15.3. The zero-order valence-electron chi connectivity index (χ0n) is 12.4. The van der Waals surface area contributed by atoms with Crippen LogP contribution in [0, 0.1) is 5.92 Å². The maximum atomic E-state index is 12.7. The second-order valence-corrected chi connectivity index (χ2v) is 6.23. The van der Waals surface area contributed by atoms with Crippen LogP contribution in [0.15, 0.2) is 0 Å². The molecule has 5 nitrogen and oxygen atoms in total. The summed E-state index contributed by atoms with van der Waals surface area (Å²) in [5.74, 6) is 0.165. The standard InChI is InChI=1S/C15H27N3O2/c1-11(19)17-12-6-5-9-18(10-12)15(20)13-7-3-2-4-8-14(13)16/h12-14H,2-10,16H2,1H3,(H,17,19). The van der Waals surface area contributed by atoms with Crippen LogP contribution in [0.4, 0.5) is 0 Å². The Morgan fingerprint density at radius 3 is 2.60 bits per heavy atom. The van der Waals surface area contributed by atoms with Crippen molar-refractivity contribution in [1.82, 2.24) is 10.2 Å². The summed E-state index contributed by atoms with van der Waals surface area (Å²) in [5.41, 5.74) is 6.18. The topological polar surface area (TPSA) is 75.4 Å². The molecule has 3 atom stereocenters. The minimum Gasteiger partial charge on any atom is -0.352 e. The molecule has 1 heterocycles. The Labute approximate surface area is 121 Å². The average Bonchev–Trinajstić information content (AvgIpc) is 2.62. The molecule has 3 unspecified atom stereocenters. The molecular weight excluding hydrogens is 254 g/mol. The Bertz CT molecular complexity index is 359. The molecule has 2 fully saturated rings. The molecule has 5 heteroatoms. The van der Waals surface area contributed by atoms with Gasteiger partial charge in [-0.1, -0.05) is 19.3 Å². The first-order chi connectivity index (χ1) is 9.58. The largest absolute Gasteiger partial charge is 0.352 e. The van der Waals surface area contributed by atoms with E-state index in [1.165, 1.54) is 13.3 Å². The molecule has 2 rings (SSSR count). The molecule has 3 N–H and O–H groups in total. The van der Waals surface area contributed by atoms with E-state index in [4.69, 9.17) is 5.73 Å². The van der Waals surface area contributed by atoms with Crippen LogP contribution in [-0.4, -0.2) is 41.9 Å². The fourth-order valence-corrected chi connectivity index (χ4v) is 3.46. The second kappa shape index (κ2) is 7.07. The third-order valence-corrected chi connectivity index (χ3v) is 4.53. The van der Waals surface area contributed by atoms with Crippen LogP contribution < -0.4 is 11.1 Å². The van der Waals surface area contributed by atoms with Crippen molar-refractivity contribution in [1.29, 1.82) is 0 Å². The van der Waals surface area contributed by atoms with Crippen LogP contribution in [0.5, 0.6) is 0 Å². The summed E-state index contributed by atoms with van der Waals surface area (Å²) < 4.78 is 0. The Kier molecular flexibility index (Phi) is 5.40. The number of piperidine rings is 1. The highest BCUT2D eigenvalue weighted by Crippen LogP contribution is 2.25. The number of hydrogen-bond acceptors (Lipinski definition) is 3. The molecule has 1 saturated heterocycles. The number of carbonyl (C=O) groups excluding carboxylic acids is 2. The summed E-state index contributed by atoms with van der Waals surface area (Å²) in [4.78, 5) is 25.8. The lowest BCUT2D eigenvalue weighted by Crippen LogP contribution is -2.52. The van der Waals surface area contributed by atoms with Gasteiger partial charge < -0.3 is 16.0 Å². The summed E-state index contributed by atoms with van der Waals surface area (Å²) in [6, 6.07) is 0.110. The Morgan fingerprint density at radius 1 is 1.10 bits per heavy atom. The predicted octanol–water partition coefficient (Wildman–Crippen LogP) is 1.02. The quantitative estimate of drug-likeness (QED) is 0.742. The van der Waals surface area contributed by atoms with E-state index in [1.807, 2.05) is 4.90 Å². The summed E-state index contributed by atoms with van der Waals surface area (Å²) >= 11 is 0. The lowest BCUT2D eigenvalue weighted by molar-refractivity contribution is -0.138. The highest BCUT2D eigenvalue weighted by atomic mass is 16.2. The van der Waals surface area contributed by atoms with Gasteiger partial charge in [0.15, 0.2) is 0 Å². The van der Waals surface area contributed by atoms with Gasteiger partial charge >= 0.3 is 0 Å². The maximum absolute atomic E-state index is 12.7. The lowest BCUT2D eigenvalue weighted by atomic mass is 9.92. The number of likely N-dealkylation sites (tertiary alicyclic amines) is 1. The first-order valence-corrected chi connectivity index (χ1v) is 7.89. The van der Waals surface area contributed by atoms with Crippen molar-refractivity contribution in [2.24, 2.45) is 11.7 Å². The highest BCUT2D eigenvalue weighted by molar-refractivity contribution is 5.80.